The summed E-state index contributed by atoms with van der Waals surface area (Å²) in [6.45, 7) is 6.29. The van der Waals surface area contributed by atoms with Crippen molar-refractivity contribution in [3.63, 3.8) is 0 Å². The highest BCUT2D eigenvalue weighted by Crippen LogP contribution is 1.95. The van der Waals surface area contributed by atoms with E-state index in [1.54, 1.807) is 0 Å². The third-order valence-corrected chi connectivity index (χ3v) is 2.42. The molecule has 0 bridgehead atoms. The molecule has 0 spiro atoms. The van der Waals surface area contributed by atoms with Crippen LogP contribution in [0.25, 0.3) is 0 Å². The quantitative estimate of drug-likeness (QED) is 0.406. The number of ether oxygens (including phenoxy) is 2. The molecule has 92 valence electrons. The van der Waals surface area contributed by atoms with E-state index in [1.165, 1.54) is 19.3 Å². The summed E-state index contributed by atoms with van der Waals surface area (Å²) < 4.78 is 15.7. The van der Waals surface area contributed by atoms with Gasteiger partial charge in [-0.1, -0.05) is 19.8 Å². The summed E-state index contributed by atoms with van der Waals surface area (Å²) in [5, 5.41) is 0. The molecule has 0 aliphatic carbocycles. The van der Waals surface area contributed by atoms with Gasteiger partial charge in [0.25, 0.3) is 0 Å². The van der Waals surface area contributed by atoms with Crippen LogP contribution in [0.15, 0.2) is 0 Å². The van der Waals surface area contributed by atoms with Gasteiger partial charge in [0.15, 0.2) is 0 Å². The highest BCUT2D eigenvalue weighted by atomic mass is 127. The molecule has 0 N–H and O–H groups in total. The fourth-order valence-electron chi connectivity index (χ4n) is 1.14. The highest BCUT2D eigenvalue weighted by Gasteiger charge is 1.91. The lowest BCUT2D eigenvalue weighted by atomic mass is 10.3. The summed E-state index contributed by atoms with van der Waals surface area (Å²) in [5.41, 5.74) is 0. The maximum Gasteiger partial charge on any atom is 0.109 e. The average molecular weight is 330 g/mol. The number of rotatable bonds is 12. The van der Waals surface area contributed by atoms with Gasteiger partial charge >= 0.3 is 0 Å². The molecule has 0 radical (unpaired) electrons. The minimum Gasteiger partial charge on any atom is -0.381 e. The second kappa shape index (κ2) is 14.6. The van der Waals surface area contributed by atoms with E-state index >= 15 is 0 Å². The monoisotopic (exact) mass is 330 g/mol. The van der Waals surface area contributed by atoms with Crippen molar-refractivity contribution < 1.29 is 12.5 Å². The number of hydrogen-bond acceptors (Lipinski definition) is 3. The van der Waals surface area contributed by atoms with Crippen LogP contribution >= 0.6 is 23.0 Å². The Labute approximate surface area is 108 Å². The van der Waals surface area contributed by atoms with Gasteiger partial charge in [-0.25, -0.2) is 0 Å². The van der Waals surface area contributed by atoms with E-state index in [0.29, 0.717) is 0 Å². The van der Waals surface area contributed by atoms with Crippen LogP contribution in [0.4, 0.5) is 0 Å². The second-order valence-electron chi connectivity index (χ2n) is 3.45. The molecule has 15 heavy (non-hydrogen) atoms. The minimum absolute atomic E-state index is 0.772. The zero-order valence-electron chi connectivity index (χ0n) is 9.67. The van der Waals surface area contributed by atoms with Gasteiger partial charge < -0.3 is 12.5 Å². The van der Waals surface area contributed by atoms with Gasteiger partial charge in [-0.05, 0) is 19.3 Å². The van der Waals surface area contributed by atoms with E-state index in [2.05, 4.69) is 6.92 Å². The van der Waals surface area contributed by atoms with Gasteiger partial charge in [0.2, 0.25) is 0 Å². The molecule has 0 fully saturated rings. The Kier molecular flexibility index (Phi) is 15.2. The topological polar surface area (TPSA) is 27.7 Å². The molecule has 0 aromatic heterocycles. The number of unbranched alkanes of at least 4 members (excludes halogenated alkanes) is 2. The standard InChI is InChI=1S/C11H23IO3/c1-2-3-4-7-13-8-5-9-14-10-6-11-15-12/h2-11H2,1H3. The first-order chi connectivity index (χ1) is 7.41. The van der Waals surface area contributed by atoms with Gasteiger partial charge in [0, 0.05) is 26.4 Å². The fraction of sp³-hybridized carbons (Fsp3) is 1.00. The Morgan fingerprint density at radius 1 is 0.733 bits per heavy atom. The van der Waals surface area contributed by atoms with Gasteiger partial charge in [0.05, 0.1) is 6.61 Å². The summed E-state index contributed by atoms with van der Waals surface area (Å²) in [7, 11) is 0. The van der Waals surface area contributed by atoms with E-state index in [4.69, 9.17) is 12.5 Å². The van der Waals surface area contributed by atoms with Crippen LogP contribution < -0.4 is 0 Å². The predicted octanol–water partition coefficient (Wildman–Crippen LogP) is 3.36. The van der Waals surface area contributed by atoms with Crippen molar-refractivity contribution in [2.75, 3.05) is 33.0 Å². The summed E-state index contributed by atoms with van der Waals surface area (Å²) in [6, 6.07) is 0. The predicted molar refractivity (Wildman–Crippen MR) is 70.4 cm³/mol. The summed E-state index contributed by atoms with van der Waals surface area (Å²) in [5.74, 6) is 0. The molecule has 0 saturated carbocycles. The molecule has 3 nitrogen and oxygen atoms in total. The molecule has 0 saturated heterocycles. The fourth-order valence-corrected chi connectivity index (χ4v) is 1.45. The zero-order valence-corrected chi connectivity index (χ0v) is 11.8. The Hall–Kier alpha value is 0.610. The Morgan fingerprint density at radius 2 is 1.27 bits per heavy atom. The van der Waals surface area contributed by atoms with Crippen molar-refractivity contribution >= 4 is 23.0 Å². The van der Waals surface area contributed by atoms with Gasteiger partial charge in [0.1, 0.15) is 23.0 Å². The van der Waals surface area contributed by atoms with Crippen LogP contribution in [-0.4, -0.2) is 33.0 Å². The van der Waals surface area contributed by atoms with Crippen LogP contribution in [0.1, 0.15) is 39.0 Å². The molecule has 0 aromatic carbocycles. The molecular formula is C11H23IO3. The molecule has 0 rings (SSSR count). The van der Waals surface area contributed by atoms with E-state index in [0.717, 1.165) is 45.9 Å². The summed E-state index contributed by atoms with van der Waals surface area (Å²) in [4.78, 5) is 0. The third kappa shape index (κ3) is 14.6. The average Bonchev–Trinajstić information content (AvgIpc) is 2.26. The van der Waals surface area contributed by atoms with Crippen molar-refractivity contribution in [3.05, 3.63) is 0 Å². The Morgan fingerprint density at radius 3 is 1.80 bits per heavy atom. The summed E-state index contributed by atoms with van der Waals surface area (Å²) in [6.07, 6.45) is 5.68. The first-order valence-corrected chi connectivity index (χ1v) is 6.69. The maximum absolute atomic E-state index is 5.46. The van der Waals surface area contributed by atoms with Crippen molar-refractivity contribution in [2.45, 2.75) is 39.0 Å². The molecule has 0 atom stereocenters. The van der Waals surface area contributed by atoms with Crippen molar-refractivity contribution in [1.29, 1.82) is 0 Å². The van der Waals surface area contributed by atoms with Crippen LogP contribution in [0.5, 0.6) is 0 Å². The molecule has 0 aromatic rings. The van der Waals surface area contributed by atoms with Gasteiger partial charge in [-0.15, -0.1) is 0 Å². The van der Waals surface area contributed by atoms with Gasteiger partial charge in [-0.2, -0.15) is 0 Å². The first kappa shape index (κ1) is 15.6. The van der Waals surface area contributed by atoms with Crippen molar-refractivity contribution in [1.82, 2.24) is 0 Å². The maximum atomic E-state index is 5.46. The molecule has 0 heterocycles. The van der Waals surface area contributed by atoms with Crippen LogP contribution in [0.3, 0.4) is 0 Å². The van der Waals surface area contributed by atoms with Crippen molar-refractivity contribution in [2.24, 2.45) is 0 Å². The molecule has 4 heteroatoms. The van der Waals surface area contributed by atoms with Crippen LogP contribution in [0.2, 0.25) is 0 Å². The smallest absolute Gasteiger partial charge is 0.109 e. The van der Waals surface area contributed by atoms with E-state index in [-0.39, 0.29) is 0 Å². The molecular weight excluding hydrogens is 307 g/mol. The van der Waals surface area contributed by atoms with Crippen LogP contribution in [-0.2, 0) is 12.5 Å². The Balaban J connectivity index is 2.81. The third-order valence-electron chi connectivity index (χ3n) is 1.98. The number of halogens is 1. The molecule has 0 amide bonds. The first-order valence-electron chi connectivity index (χ1n) is 5.80. The SMILES string of the molecule is CCCCCOCCCOCCCOI. The lowest BCUT2D eigenvalue weighted by Gasteiger charge is -2.04. The molecule has 0 aliphatic heterocycles. The lowest BCUT2D eigenvalue weighted by Crippen LogP contribution is -2.04. The molecule has 0 unspecified atom stereocenters. The minimum atomic E-state index is 0.772. The number of hydrogen-bond donors (Lipinski definition) is 0. The Bertz CT molecular complexity index is 100. The van der Waals surface area contributed by atoms with E-state index in [1.807, 2.05) is 23.0 Å². The summed E-state index contributed by atoms with van der Waals surface area (Å²) >= 11 is 1.90. The van der Waals surface area contributed by atoms with Gasteiger partial charge in [-0.3, -0.25) is 0 Å². The largest absolute Gasteiger partial charge is 0.381 e. The van der Waals surface area contributed by atoms with Crippen LogP contribution in [0, 0.1) is 0 Å². The van der Waals surface area contributed by atoms with Crippen molar-refractivity contribution in [3.8, 4) is 0 Å². The normalized spacial score (nSPS) is 10.8. The molecule has 0 aliphatic rings. The zero-order chi connectivity index (χ0) is 11.2. The second-order valence-corrected chi connectivity index (χ2v) is 4.08. The lowest BCUT2D eigenvalue weighted by molar-refractivity contribution is 0.0778. The van der Waals surface area contributed by atoms with E-state index in [9.17, 15) is 0 Å². The highest BCUT2D eigenvalue weighted by molar-refractivity contribution is 14.1. The van der Waals surface area contributed by atoms with E-state index < -0.39 is 0 Å².